The Labute approximate surface area is 177 Å². The van der Waals surface area contributed by atoms with Gasteiger partial charge in [0.15, 0.2) is 17.5 Å². The molecule has 1 aliphatic carbocycles. The van der Waals surface area contributed by atoms with Crippen LogP contribution in [0.2, 0.25) is 0 Å². The molecule has 0 aliphatic heterocycles. The Balaban J connectivity index is 0.00000364. The number of hydrogen-bond donors (Lipinski definition) is 3. The van der Waals surface area contributed by atoms with Crippen molar-refractivity contribution >= 4 is 35.8 Å². The highest BCUT2D eigenvalue weighted by atomic mass is 127. The van der Waals surface area contributed by atoms with Gasteiger partial charge in [0.05, 0.1) is 13.2 Å². The number of carbonyl (C=O) groups is 1. The molecule has 3 N–H and O–H groups in total. The topological polar surface area (TPSA) is 74.8 Å². The highest BCUT2D eigenvalue weighted by Crippen LogP contribution is 2.21. The maximum Gasteiger partial charge on any atom is 0.220 e. The van der Waals surface area contributed by atoms with E-state index in [2.05, 4.69) is 20.9 Å². The SMILES string of the molecule is CCNC(=NCCCC(=O)NC1CC1)NC(C)c1ccc(OC)c(F)c1.I. The molecule has 6 nitrogen and oxygen atoms in total. The highest BCUT2D eigenvalue weighted by Gasteiger charge is 2.22. The number of methoxy groups -OCH3 is 1. The fraction of sp³-hybridized carbons (Fsp3) is 0.579. The van der Waals surface area contributed by atoms with Crippen LogP contribution in [0, 0.1) is 5.82 Å². The van der Waals surface area contributed by atoms with Crippen LogP contribution in [0.5, 0.6) is 5.75 Å². The second-order valence-corrected chi connectivity index (χ2v) is 6.47. The summed E-state index contributed by atoms with van der Waals surface area (Å²) < 4.78 is 18.8. The third-order valence-electron chi connectivity index (χ3n) is 4.15. The van der Waals surface area contributed by atoms with Crippen LogP contribution in [-0.2, 0) is 4.79 Å². The minimum Gasteiger partial charge on any atom is -0.494 e. The smallest absolute Gasteiger partial charge is 0.220 e. The van der Waals surface area contributed by atoms with Crippen molar-refractivity contribution in [3.8, 4) is 5.75 Å². The number of guanidine groups is 1. The molecule has 1 aliphatic rings. The Hall–Kier alpha value is -1.58. The average molecular weight is 492 g/mol. The summed E-state index contributed by atoms with van der Waals surface area (Å²) in [5.41, 5.74) is 0.803. The Bertz CT molecular complexity index is 638. The second kappa shape index (κ2) is 12.0. The lowest BCUT2D eigenvalue weighted by molar-refractivity contribution is -0.121. The molecule has 27 heavy (non-hydrogen) atoms. The van der Waals surface area contributed by atoms with Crippen LogP contribution in [0.25, 0.3) is 0 Å². The van der Waals surface area contributed by atoms with Crippen LogP contribution in [0.4, 0.5) is 4.39 Å². The van der Waals surface area contributed by atoms with Crippen molar-refractivity contribution in [2.24, 2.45) is 4.99 Å². The molecule has 0 aromatic heterocycles. The third-order valence-corrected chi connectivity index (χ3v) is 4.15. The number of hydrogen-bond acceptors (Lipinski definition) is 3. The zero-order valence-corrected chi connectivity index (χ0v) is 18.5. The Morgan fingerprint density at radius 3 is 2.74 bits per heavy atom. The standard InChI is InChI=1S/C19H29FN4O2.HI/c1-4-21-19(22-11-5-6-18(25)24-15-8-9-15)23-13(2)14-7-10-17(26-3)16(20)12-14;/h7,10,12-13,15H,4-6,8-9,11H2,1-3H3,(H,24,25)(H2,21,22,23);1H. The molecule has 1 atom stereocenters. The van der Waals surface area contributed by atoms with Crippen LogP contribution in [0.15, 0.2) is 23.2 Å². The maximum atomic E-state index is 13.9. The van der Waals surface area contributed by atoms with Gasteiger partial charge in [-0.2, -0.15) is 0 Å². The van der Waals surface area contributed by atoms with Crippen molar-refractivity contribution in [2.75, 3.05) is 20.2 Å². The summed E-state index contributed by atoms with van der Waals surface area (Å²) in [4.78, 5) is 16.2. The van der Waals surface area contributed by atoms with Gasteiger partial charge in [0.1, 0.15) is 0 Å². The summed E-state index contributed by atoms with van der Waals surface area (Å²) in [5, 5.41) is 9.40. The quantitative estimate of drug-likeness (QED) is 0.214. The normalized spacial score (nSPS) is 14.7. The first kappa shape index (κ1) is 23.5. The van der Waals surface area contributed by atoms with Gasteiger partial charge in [0.25, 0.3) is 0 Å². The third kappa shape index (κ3) is 8.32. The van der Waals surface area contributed by atoms with Gasteiger partial charge in [-0.25, -0.2) is 4.39 Å². The molecule has 1 aromatic rings. The summed E-state index contributed by atoms with van der Waals surface area (Å²) in [5.74, 6) is 0.592. The van der Waals surface area contributed by atoms with E-state index in [0.29, 0.717) is 31.4 Å². The largest absolute Gasteiger partial charge is 0.494 e. The molecule has 0 bridgehead atoms. The summed E-state index contributed by atoms with van der Waals surface area (Å²) in [6, 6.07) is 5.18. The zero-order valence-electron chi connectivity index (χ0n) is 16.2. The number of halogens is 2. The van der Waals surface area contributed by atoms with E-state index in [-0.39, 0.29) is 47.5 Å². The van der Waals surface area contributed by atoms with Gasteiger partial charge in [-0.3, -0.25) is 9.79 Å². The first-order chi connectivity index (χ1) is 12.5. The second-order valence-electron chi connectivity index (χ2n) is 6.47. The molecule has 8 heteroatoms. The molecule has 0 radical (unpaired) electrons. The lowest BCUT2D eigenvalue weighted by atomic mass is 10.1. The van der Waals surface area contributed by atoms with E-state index in [1.807, 2.05) is 19.9 Å². The van der Waals surface area contributed by atoms with Crippen molar-refractivity contribution in [1.29, 1.82) is 0 Å². The lowest BCUT2D eigenvalue weighted by Gasteiger charge is -2.18. The number of nitrogens with zero attached hydrogens (tertiary/aromatic N) is 1. The van der Waals surface area contributed by atoms with E-state index in [4.69, 9.17) is 4.74 Å². The lowest BCUT2D eigenvalue weighted by Crippen LogP contribution is -2.38. The molecule has 0 heterocycles. The van der Waals surface area contributed by atoms with Gasteiger partial charge in [-0.15, -0.1) is 24.0 Å². The van der Waals surface area contributed by atoms with Crippen molar-refractivity contribution in [1.82, 2.24) is 16.0 Å². The Morgan fingerprint density at radius 1 is 1.41 bits per heavy atom. The molecule has 1 saturated carbocycles. The number of nitrogens with one attached hydrogen (secondary N) is 3. The van der Waals surface area contributed by atoms with E-state index >= 15 is 0 Å². The van der Waals surface area contributed by atoms with Crippen LogP contribution in [0.1, 0.15) is 51.1 Å². The van der Waals surface area contributed by atoms with E-state index < -0.39 is 0 Å². The average Bonchev–Trinajstić information content (AvgIpc) is 3.42. The van der Waals surface area contributed by atoms with E-state index in [0.717, 1.165) is 24.9 Å². The molecular weight excluding hydrogens is 462 g/mol. The summed E-state index contributed by atoms with van der Waals surface area (Å²) in [6.07, 6.45) is 3.38. The summed E-state index contributed by atoms with van der Waals surface area (Å²) in [7, 11) is 1.45. The number of ether oxygens (including phenoxy) is 1. The fourth-order valence-electron chi connectivity index (χ4n) is 2.52. The van der Waals surface area contributed by atoms with E-state index in [1.165, 1.54) is 13.2 Å². The number of aliphatic imine (C=N–C) groups is 1. The van der Waals surface area contributed by atoms with Crippen LogP contribution < -0.4 is 20.7 Å². The zero-order chi connectivity index (χ0) is 18.9. The van der Waals surface area contributed by atoms with Crippen molar-refractivity contribution in [2.45, 2.75) is 51.6 Å². The van der Waals surface area contributed by atoms with Crippen molar-refractivity contribution < 1.29 is 13.9 Å². The minimum absolute atomic E-state index is 0. The minimum atomic E-state index is -0.387. The van der Waals surface area contributed by atoms with Gasteiger partial charge >= 0.3 is 0 Å². The number of benzene rings is 1. The van der Waals surface area contributed by atoms with Gasteiger partial charge in [0, 0.05) is 25.6 Å². The van der Waals surface area contributed by atoms with Crippen LogP contribution >= 0.6 is 24.0 Å². The Kier molecular flexibility index (Phi) is 10.4. The van der Waals surface area contributed by atoms with Crippen molar-refractivity contribution in [3.05, 3.63) is 29.6 Å². The van der Waals surface area contributed by atoms with Gasteiger partial charge in [-0.05, 0) is 50.8 Å². The molecule has 1 unspecified atom stereocenters. The molecule has 1 amide bonds. The monoisotopic (exact) mass is 492 g/mol. The summed E-state index contributed by atoms with van der Waals surface area (Å²) >= 11 is 0. The predicted octanol–water partition coefficient (Wildman–Crippen LogP) is 3.13. The summed E-state index contributed by atoms with van der Waals surface area (Å²) in [6.45, 7) is 5.20. The van der Waals surface area contributed by atoms with Crippen LogP contribution in [0.3, 0.4) is 0 Å². The van der Waals surface area contributed by atoms with Gasteiger partial charge in [-0.1, -0.05) is 6.07 Å². The number of amides is 1. The highest BCUT2D eigenvalue weighted by molar-refractivity contribution is 14.0. The van der Waals surface area contributed by atoms with Crippen molar-refractivity contribution in [3.63, 3.8) is 0 Å². The van der Waals surface area contributed by atoms with E-state index in [1.54, 1.807) is 6.07 Å². The molecule has 1 fully saturated rings. The predicted molar refractivity (Wildman–Crippen MR) is 116 cm³/mol. The Morgan fingerprint density at radius 2 is 2.15 bits per heavy atom. The molecule has 152 valence electrons. The molecule has 0 spiro atoms. The number of rotatable bonds is 9. The van der Waals surface area contributed by atoms with Gasteiger partial charge in [0.2, 0.25) is 5.91 Å². The first-order valence-electron chi connectivity index (χ1n) is 9.21. The van der Waals surface area contributed by atoms with Gasteiger partial charge < -0.3 is 20.7 Å². The maximum absolute atomic E-state index is 13.9. The molecule has 1 aromatic carbocycles. The first-order valence-corrected chi connectivity index (χ1v) is 9.21. The number of carbonyl (C=O) groups excluding carboxylic acids is 1. The fourth-order valence-corrected chi connectivity index (χ4v) is 2.52. The molecular formula is C19H30FIN4O2. The van der Waals surface area contributed by atoms with E-state index in [9.17, 15) is 9.18 Å². The molecule has 2 rings (SSSR count). The van der Waals surface area contributed by atoms with Crippen LogP contribution in [-0.4, -0.2) is 38.1 Å². The molecule has 0 saturated heterocycles.